The molecule has 0 radical (unpaired) electrons. The molecule has 4 rings (SSSR count). The average Bonchev–Trinajstić information content (AvgIpc) is 2.73. The quantitative estimate of drug-likeness (QED) is 0.455. The van der Waals surface area contributed by atoms with Crippen LogP contribution in [-0.2, 0) is 4.74 Å². The van der Waals surface area contributed by atoms with Gasteiger partial charge in [-0.2, -0.15) is 5.26 Å². The number of unbranched alkanes of at least 4 members (excludes halogenated alkanes) is 2. The van der Waals surface area contributed by atoms with E-state index in [1.165, 1.54) is 83.5 Å². The summed E-state index contributed by atoms with van der Waals surface area (Å²) in [6, 6.07) is 2.83. The first-order chi connectivity index (χ1) is 13.7. The molecule has 0 bridgehead atoms. The predicted molar refractivity (Wildman–Crippen MR) is 115 cm³/mol. The van der Waals surface area contributed by atoms with Crippen LogP contribution in [0.4, 0.5) is 0 Å². The number of nitriles is 1. The van der Waals surface area contributed by atoms with E-state index in [2.05, 4.69) is 19.9 Å². The predicted octanol–water partition coefficient (Wildman–Crippen LogP) is 7.13. The van der Waals surface area contributed by atoms with E-state index in [4.69, 9.17) is 4.74 Å². The number of rotatable bonds is 6. The van der Waals surface area contributed by atoms with Crippen LogP contribution in [0.2, 0.25) is 0 Å². The molecule has 0 saturated heterocycles. The van der Waals surface area contributed by atoms with E-state index in [9.17, 15) is 5.26 Å². The minimum absolute atomic E-state index is 0.0191. The molecule has 0 aromatic carbocycles. The van der Waals surface area contributed by atoms with Crippen molar-refractivity contribution in [2.45, 2.75) is 110 Å². The largest absolute Gasteiger partial charge is 0.378 e. The van der Waals surface area contributed by atoms with Crippen molar-refractivity contribution in [3.63, 3.8) is 0 Å². The molecular weight excluding hydrogens is 342 g/mol. The third kappa shape index (κ3) is 3.90. The van der Waals surface area contributed by atoms with Crippen molar-refractivity contribution >= 4 is 0 Å². The lowest BCUT2D eigenvalue weighted by atomic mass is 9.49. The molecule has 0 aromatic heterocycles. The van der Waals surface area contributed by atoms with Crippen molar-refractivity contribution in [3.05, 3.63) is 0 Å². The maximum absolute atomic E-state index is 10.0. The molecule has 0 aliphatic heterocycles. The van der Waals surface area contributed by atoms with Crippen molar-refractivity contribution in [2.24, 2.45) is 40.9 Å². The summed E-state index contributed by atoms with van der Waals surface area (Å²) in [6.07, 6.45) is 19.2. The maximum Gasteiger partial charge on any atom is 0.0689 e. The van der Waals surface area contributed by atoms with Crippen LogP contribution >= 0.6 is 0 Å². The highest BCUT2D eigenvalue weighted by molar-refractivity contribution is 5.07. The van der Waals surface area contributed by atoms with Gasteiger partial charge in [0.25, 0.3) is 0 Å². The van der Waals surface area contributed by atoms with Gasteiger partial charge in [-0.25, -0.2) is 0 Å². The molecule has 4 aliphatic rings. The van der Waals surface area contributed by atoms with Gasteiger partial charge in [0.15, 0.2) is 0 Å². The average molecular weight is 386 g/mol. The Labute approximate surface area is 173 Å². The van der Waals surface area contributed by atoms with E-state index in [0.717, 1.165) is 48.5 Å². The Kier molecular flexibility index (Phi) is 6.71. The van der Waals surface area contributed by atoms with Gasteiger partial charge in [0, 0.05) is 6.61 Å². The molecule has 2 heteroatoms. The standard InChI is InChI=1S/C26H43NO/c1-3-5-6-15-26(18-27)16-14-20-19(17-26)10-11-23-21-8-7-9-25(28-4-2)24(21)13-12-22(20)23/h19-25H,3-17H2,1-2H3. The van der Waals surface area contributed by atoms with Crippen molar-refractivity contribution in [3.8, 4) is 6.07 Å². The molecule has 0 heterocycles. The van der Waals surface area contributed by atoms with Crippen molar-refractivity contribution in [2.75, 3.05) is 6.61 Å². The number of hydrogen-bond donors (Lipinski definition) is 0. The molecule has 28 heavy (non-hydrogen) atoms. The zero-order valence-electron chi connectivity index (χ0n) is 18.5. The van der Waals surface area contributed by atoms with Gasteiger partial charge in [0.1, 0.15) is 0 Å². The van der Waals surface area contributed by atoms with Crippen molar-refractivity contribution in [1.29, 1.82) is 5.26 Å². The Balaban J connectivity index is 1.42. The van der Waals surface area contributed by atoms with Gasteiger partial charge in [-0.1, -0.05) is 32.6 Å². The highest BCUT2D eigenvalue weighted by Crippen LogP contribution is 2.60. The van der Waals surface area contributed by atoms with Crippen LogP contribution in [-0.4, -0.2) is 12.7 Å². The molecule has 0 amide bonds. The number of nitrogens with zero attached hydrogens (tertiary/aromatic N) is 1. The minimum Gasteiger partial charge on any atom is -0.378 e. The lowest BCUT2D eigenvalue weighted by molar-refractivity contribution is -0.107. The molecule has 0 N–H and O–H groups in total. The second kappa shape index (κ2) is 9.07. The fourth-order valence-corrected chi connectivity index (χ4v) is 8.31. The molecular formula is C26H43NO. The van der Waals surface area contributed by atoms with Crippen LogP contribution in [0, 0.1) is 52.3 Å². The Hall–Kier alpha value is -0.550. The molecule has 4 aliphatic carbocycles. The molecule has 8 unspecified atom stereocenters. The third-order valence-electron chi connectivity index (χ3n) is 9.50. The van der Waals surface area contributed by atoms with Crippen LogP contribution < -0.4 is 0 Å². The van der Waals surface area contributed by atoms with E-state index < -0.39 is 0 Å². The van der Waals surface area contributed by atoms with Crippen LogP contribution in [0.15, 0.2) is 0 Å². The van der Waals surface area contributed by atoms with Crippen LogP contribution in [0.5, 0.6) is 0 Å². The van der Waals surface area contributed by atoms with Crippen LogP contribution in [0.25, 0.3) is 0 Å². The van der Waals surface area contributed by atoms with Gasteiger partial charge >= 0.3 is 0 Å². The third-order valence-corrected chi connectivity index (χ3v) is 9.50. The fourth-order valence-electron chi connectivity index (χ4n) is 8.31. The first-order valence-electron chi connectivity index (χ1n) is 12.7. The molecule has 4 saturated carbocycles. The Morgan fingerprint density at radius 3 is 2.39 bits per heavy atom. The van der Waals surface area contributed by atoms with Gasteiger partial charge in [0.2, 0.25) is 0 Å². The normalized spacial score (nSPS) is 45.4. The van der Waals surface area contributed by atoms with E-state index in [1.807, 2.05) is 0 Å². The molecule has 4 fully saturated rings. The molecule has 2 nitrogen and oxygen atoms in total. The first kappa shape index (κ1) is 20.7. The highest BCUT2D eigenvalue weighted by Gasteiger charge is 2.52. The number of hydrogen-bond acceptors (Lipinski definition) is 2. The topological polar surface area (TPSA) is 33.0 Å². The lowest BCUT2D eigenvalue weighted by Crippen LogP contribution is -2.50. The Morgan fingerprint density at radius 2 is 1.61 bits per heavy atom. The summed E-state index contributed by atoms with van der Waals surface area (Å²) >= 11 is 0. The Morgan fingerprint density at radius 1 is 0.857 bits per heavy atom. The summed E-state index contributed by atoms with van der Waals surface area (Å²) in [6.45, 7) is 5.33. The summed E-state index contributed by atoms with van der Waals surface area (Å²) < 4.78 is 6.19. The van der Waals surface area contributed by atoms with E-state index >= 15 is 0 Å². The van der Waals surface area contributed by atoms with Crippen molar-refractivity contribution in [1.82, 2.24) is 0 Å². The molecule has 0 aromatic rings. The van der Waals surface area contributed by atoms with E-state index in [-0.39, 0.29) is 5.41 Å². The lowest BCUT2D eigenvalue weighted by Gasteiger charge is -2.57. The van der Waals surface area contributed by atoms with Crippen LogP contribution in [0.1, 0.15) is 104 Å². The second-order valence-electron chi connectivity index (χ2n) is 10.8. The van der Waals surface area contributed by atoms with Gasteiger partial charge in [0.05, 0.1) is 17.6 Å². The molecule has 158 valence electrons. The summed E-state index contributed by atoms with van der Waals surface area (Å²) in [5, 5.41) is 10.0. The summed E-state index contributed by atoms with van der Waals surface area (Å²) in [7, 11) is 0. The first-order valence-corrected chi connectivity index (χ1v) is 12.7. The molecule has 8 atom stereocenters. The van der Waals surface area contributed by atoms with E-state index in [1.54, 1.807) is 0 Å². The fraction of sp³-hybridized carbons (Fsp3) is 0.962. The summed E-state index contributed by atoms with van der Waals surface area (Å²) in [5.74, 6) is 5.50. The summed E-state index contributed by atoms with van der Waals surface area (Å²) in [4.78, 5) is 0. The van der Waals surface area contributed by atoms with Crippen molar-refractivity contribution < 1.29 is 4.74 Å². The SMILES string of the molecule is CCCCCC1(C#N)CCC2C(CCC3C2CCC2C(OCC)CCCC23)C1. The minimum atomic E-state index is 0.0191. The van der Waals surface area contributed by atoms with E-state index in [0.29, 0.717) is 6.10 Å². The highest BCUT2D eigenvalue weighted by atomic mass is 16.5. The smallest absolute Gasteiger partial charge is 0.0689 e. The summed E-state index contributed by atoms with van der Waals surface area (Å²) in [5.41, 5.74) is 0.0191. The Bertz CT molecular complexity index is 551. The van der Waals surface area contributed by atoms with Gasteiger partial charge in [-0.15, -0.1) is 0 Å². The number of fused-ring (bicyclic) bond motifs is 5. The van der Waals surface area contributed by atoms with Gasteiger partial charge < -0.3 is 4.74 Å². The second-order valence-corrected chi connectivity index (χ2v) is 10.8. The molecule has 0 spiro atoms. The maximum atomic E-state index is 10.0. The number of ether oxygens (including phenoxy) is 1. The monoisotopic (exact) mass is 385 g/mol. The van der Waals surface area contributed by atoms with Gasteiger partial charge in [-0.05, 0) is 107 Å². The van der Waals surface area contributed by atoms with Gasteiger partial charge in [-0.3, -0.25) is 0 Å². The zero-order chi connectivity index (χ0) is 19.6. The zero-order valence-corrected chi connectivity index (χ0v) is 18.5. The van der Waals surface area contributed by atoms with Crippen LogP contribution in [0.3, 0.4) is 0 Å².